The van der Waals surface area contributed by atoms with Gasteiger partial charge in [0.1, 0.15) is 0 Å². The van der Waals surface area contributed by atoms with Crippen LogP contribution in [-0.2, 0) is 11.3 Å². The second-order valence-electron chi connectivity index (χ2n) is 7.77. The quantitative estimate of drug-likeness (QED) is 0.704. The van der Waals surface area contributed by atoms with Crippen molar-refractivity contribution in [1.82, 2.24) is 24.6 Å². The maximum Gasteiger partial charge on any atom is 0.233 e. The molecule has 0 saturated carbocycles. The Morgan fingerprint density at radius 3 is 2.48 bits per heavy atom. The van der Waals surface area contributed by atoms with Crippen molar-refractivity contribution >= 4 is 17.7 Å². The summed E-state index contributed by atoms with van der Waals surface area (Å²) in [4.78, 5) is 19.0. The minimum atomic E-state index is 0.198. The topological polar surface area (TPSA) is 63.9 Å². The number of rotatable bonds is 6. The van der Waals surface area contributed by atoms with Crippen molar-refractivity contribution in [3.05, 3.63) is 24.5 Å². The fourth-order valence-corrected chi connectivity index (χ4v) is 4.57. The van der Waals surface area contributed by atoms with E-state index in [1.165, 1.54) is 18.2 Å². The minimum absolute atomic E-state index is 0.198. The van der Waals surface area contributed by atoms with Crippen LogP contribution >= 0.6 is 11.8 Å². The van der Waals surface area contributed by atoms with Gasteiger partial charge in [0.2, 0.25) is 5.91 Å². The van der Waals surface area contributed by atoms with E-state index in [0.29, 0.717) is 23.8 Å². The van der Waals surface area contributed by atoms with Gasteiger partial charge in [0, 0.05) is 36.6 Å². The van der Waals surface area contributed by atoms with Gasteiger partial charge in [-0.25, -0.2) is 0 Å². The molecule has 0 N–H and O–H groups in total. The highest BCUT2D eigenvalue weighted by atomic mass is 32.2. The molecule has 0 aromatic carbocycles. The molecule has 27 heavy (non-hydrogen) atoms. The van der Waals surface area contributed by atoms with Gasteiger partial charge in [-0.3, -0.25) is 9.78 Å². The van der Waals surface area contributed by atoms with Crippen LogP contribution in [0.2, 0.25) is 0 Å². The summed E-state index contributed by atoms with van der Waals surface area (Å²) < 4.78 is 2.13. The maximum atomic E-state index is 12.8. The van der Waals surface area contributed by atoms with E-state index in [1.54, 1.807) is 12.4 Å². The fraction of sp³-hybridized carbons (Fsp3) is 0.600. The molecule has 1 aliphatic heterocycles. The Kier molecular flexibility index (Phi) is 6.52. The molecule has 1 saturated heterocycles. The Hall–Kier alpha value is -1.89. The molecular weight excluding hydrogens is 358 g/mol. The summed E-state index contributed by atoms with van der Waals surface area (Å²) >= 11 is 1.49. The van der Waals surface area contributed by atoms with Crippen molar-refractivity contribution in [2.24, 2.45) is 5.92 Å². The monoisotopic (exact) mass is 387 g/mol. The highest BCUT2D eigenvalue weighted by molar-refractivity contribution is 7.99. The highest BCUT2D eigenvalue weighted by Gasteiger charge is 2.29. The molecule has 1 fully saturated rings. The third-order valence-corrected chi connectivity index (χ3v) is 5.96. The van der Waals surface area contributed by atoms with Crippen molar-refractivity contribution in [3.63, 3.8) is 0 Å². The Morgan fingerprint density at radius 1 is 1.19 bits per heavy atom. The van der Waals surface area contributed by atoms with Crippen molar-refractivity contribution < 1.29 is 4.79 Å². The second kappa shape index (κ2) is 8.87. The van der Waals surface area contributed by atoms with Crippen molar-refractivity contribution in [2.45, 2.75) is 70.7 Å². The van der Waals surface area contributed by atoms with Crippen LogP contribution in [0, 0.1) is 5.92 Å². The number of carbonyl (C=O) groups is 1. The smallest absolute Gasteiger partial charge is 0.233 e. The van der Waals surface area contributed by atoms with Gasteiger partial charge in [-0.1, -0.05) is 25.6 Å². The first-order valence-corrected chi connectivity index (χ1v) is 10.7. The van der Waals surface area contributed by atoms with Crippen LogP contribution in [0.4, 0.5) is 0 Å². The number of hydrogen-bond acceptors (Lipinski definition) is 5. The zero-order chi connectivity index (χ0) is 19.4. The molecule has 6 nitrogen and oxygen atoms in total. The molecule has 7 heteroatoms. The van der Waals surface area contributed by atoms with Crippen LogP contribution in [0.15, 0.2) is 29.7 Å². The Morgan fingerprint density at radius 2 is 1.85 bits per heavy atom. The number of amides is 1. The molecule has 3 heterocycles. The Bertz CT molecular complexity index is 751. The summed E-state index contributed by atoms with van der Waals surface area (Å²) in [5.74, 6) is 1.89. The van der Waals surface area contributed by atoms with Crippen LogP contribution in [0.1, 0.15) is 47.0 Å². The van der Waals surface area contributed by atoms with Crippen LogP contribution < -0.4 is 0 Å². The average molecular weight is 388 g/mol. The predicted octanol–water partition coefficient (Wildman–Crippen LogP) is 3.88. The van der Waals surface area contributed by atoms with Crippen molar-refractivity contribution in [2.75, 3.05) is 5.75 Å². The maximum absolute atomic E-state index is 12.8. The van der Waals surface area contributed by atoms with Gasteiger partial charge in [-0.15, -0.1) is 10.2 Å². The van der Waals surface area contributed by atoms with Gasteiger partial charge < -0.3 is 9.47 Å². The lowest BCUT2D eigenvalue weighted by atomic mass is 9.98. The van der Waals surface area contributed by atoms with Crippen LogP contribution in [0.25, 0.3) is 11.4 Å². The molecule has 0 spiro atoms. The number of likely N-dealkylation sites (tertiary alicyclic amines) is 1. The molecule has 3 rings (SSSR count). The molecule has 0 unspecified atom stereocenters. The van der Waals surface area contributed by atoms with Crippen LogP contribution in [0.5, 0.6) is 0 Å². The summed E-state index contributed by atoms with van der Waals surface area (Å²) in [6.45, 7) is 9.47. The van der Waals surface area contributed by atoms with E-state index < -0.39 is 0 Å². The number of pyridine rings is 1. The van der Waals surface area contributed by atoms with E-state index in [2.05, 4.69) is 52.3 Å². The second-order valence-corrected chi connectivity index (χ2v) is 8.71. The zero-order valence-electron chi connectivity index (χ0n) is 16.6. The molecule has 1 amide bonds. The summed E-state index contributed by atoms with van der Waals surface area (Å²) in [5, 5.41) is 9.59. The van der Waals surface area contributed by atoms with E-state index in [9.17, 15) is 4.79 Å². The highest BCUT2D eigenvalue weighted by Crippen LogP contribution is 2.27. The largest absolute Gasteiger partial charge is 0.337 e. The molecule has 0 radical (unpaired) electrons. The van der Waals surface area contributed by atoms with Gasteiger partial charge in [0.05, 0.1) is 5.75 Å². The molecule has 2 atom stereocenters. The molecule has 146 valence electrons. The standard InChI is InChI=1S/C20H29N5OS/c1-14(2)12-24-19(17-8-10-21-11-9-17)22-23-20(24)27-13-18(26)25-15(3)6-5-7-16(25)4/h8-11,14-16H,5-7,12-13H2,1-4H3/t15-,16+. The van der Waals surface area contributed by atoms with Crippen molar-refractivity contribution in [1.29, 1.82) is 0 Å². The summed E-state index contributed by atoms with van der Waals surface area (Å²) in [6.07, 6.45) is 6.92. The lowest BCUT2D eigenvalue weighted by Crippen LogP contribution is -2.48. The number of aromatic nitrogens is 4. The number of nitrogens with zero attached hydrogens (tertiary/aromatic N) is 5. The molecule has 1 aliphatic rings. The van der Waals surface area contributed by atoms with Gasteiger partial charge >= 0.3 is 0 Å². The van der Waals surface area contributed by atoms with Crippen LogP contribution in [-0.4, -0.2) is 48.4 Å². The zero-order valence-corrected chi connectivity index (χ0v) is 17.4. The Balaban J connectivity index is 1.76. The first-order chi connectivity index (χ1) is 13.0. The lowest BCUT2D eigenvalue weighted by Gasteiger charge is -2.39. The third-order valence-electron chi connectivity index (χ3n) is 5.01. The fourth-order valence-electron chi connectivity index (χ4n) is 3.75. The normalized spacial score (nSPS) is 20.3. The summed E-state index contributed by atoms with van der Waals surface area (Å²) in [5.41, 5.74) is 0.995. The van der Waals surface area contributed by atoms with E-state index >= 15 is 0 Å². The van der Waals surface area contributed by atoms with E-state index in [1.807, 2.05) is 12.1 Å². The number of piperidine rings is 1. The number of carbonyl (C=O) groups excluding carboxylic acids is 1. The van der Waals surface area contributed by atoms with Gasteiger partial charge in [-0.2, -0.15) is 0 Å². The van der Waals surface area contributed by atoms with E-state index in [-0.39, 0.29) is 5.91 Å². The molecule has 2 aromatic heterocycles. The SMILES string of the molecule is CC(C)Cn1c(SCC(=O)N2[C@H](C)CCC[C@@H]2C)nnc1-c1ccncc1. The van der Waals surface area contributed by atoms with Gasteiger partial charge in [0.15, 0.2) is 11.0 Å². The Labute approximate surface area is 165 Å². The van der Waals surface area contributed by atoms with Gasteiger partial charge in [0.25, 0.3) is 0 Å². The summed E-state index contributed by atoms with van der Waals surface area (Å²) in [6, 6.07) is 4.53. The molecule has 0 bridgehead atoms. The first kappa shape index (κ1) is 19.9. The van der Waals surface area contributed by atoms with Crippen molar-refractivity contribution in [3.8, 4) is 11.4 Å². The average Bonchev–Trinajstić information content (AvgIpc) is 3.02. The van der Waals surface area contributed by atoms with E-state index in [0.717, 1.165) is 35.9 Å². The number of hydrogen-bond donors (Lipinski definition) is 0. The number of thioether (sulfide) groups is 1. The molecule has 2 aromatic rings. The minimum Gasteiger partial charge on any atom is -0.337 e. The molecule has 0 aliphatic carbocycles. The predicted molar refractivity (Wildman–Crippen MR) is 108 cm³/mol. The third kappa shape index (κ3) is 4.69. The summed E-state index contributed by atoms with van der Waals surface area (Å²) in [7, 11) is 0. The lowest BCUT2D eigenvalue weighted by molar-refractivity contribution is -0.134. The van der Waals surface area contributed by atoms with E-state index in [4.69, 9.17) is 0 Å². The van der Waals surface area contributed by atoms with Crippen LogP contribution in [0.3, 0.4) is 0 Å². The van der Waals surface area contributed by atoms with Gasteiger partial charge in [-0.05, 0) is 51.2 Å². The first-order valence-electron chi connectivity index (χ1n) is 9.75. The molecular formula is C20H29N5OS.